The molecule has 3 rings (SSSR count). The zero-order valence-electron chi connectivity index (χ0n) is 17.6. The van der Waals surface area contributed by atoms with E-state index in [2.05, 4.69) is 4.98 Å². The highest BCUT2D eigenvalue weighted by Crippen LogP contribution is 2.30. The van der Waals surface area contributed by atoms with Gasteiger partial charge in [0.1, 0.15) is 5.76 Å². The number of likely N-dealkylation sites (N-methyl/N-ethyl adjacent to an activating group) is 1. The lowest BCUT2D eigenvalue weighted by Gasteiger charge is -2.24. The van der Waals surface area contributed by atoms with E-state index in [4.69, 9.17) is 4.42 Å². The van der Waals surface area contributed by atoms with Gasteiger partial charge in [0.15, 0.2) is 5.69 Å². The van der Waals surface area contributed by atoms with Crippen LogP contribution in [-0.2, 0) is 12.7 Å². The molecular weight excluding hydrogens is 407 g/mol. The standard InChI is InChI=1S/C23H24F3N3O2/c1-16-20(27-21(31-16)18-9-5-4-6-10-18)22(30)29(13-12-28(2)3)15-17-8-7-11-19(14-17)23(24,25)26/h4-11,14H,12-13,15H2,1-3H3. The van der Waals surface area contributed by atoms with E-state index in [1.165, 1.54) is 11.0 Å². The first kappa shape index (κ1) is 22.6. The van der Waals surface area contributed by atoms with E-state index in [9.17, 15) is 18.0 Å². The van der Waals surface area contributed by atoms with Crippen LogP contribution in [0.2, 0.25) is 0 Å². The molecule has 0 spiro atoms. The molecule has 31 heavy (non-hydrogen) atoms. The molecule has 0 aliphatic heterocycles. The van der Waals surface area contributed by atoms with Crippen molar-refractivity contribution in [2.75, 3.05) is 27.2 Å². The molecule has 0 N–H and O–H groups in total. The topological polar surface area (TPSA) is 49.6 Å². The summed E-state index contributed by atoms with van der Waals surface area (Å²) in [6.45, 7) is 2.56. The van der Waals surface area contributed by atoms with Gasteiger partial charge >= 0.3 is 6.18 Å². The molecule has 1 heterocycles. The number of alkyl halides is 3. The Morgan fingerprint density at radius 2 is 1.74 bits per heavy atom. The molecule has 5 nitrogen and oxygen atoms in total. The first-order valence-corrected chi connectivity index (χ1v) is 9.78. The van der Waals surface area contributed by atoms with Gasteiger partial charge < -0.3 is 14.2 Å². The highest BCUT2D eigenvalue weighted by Gasteiger charge is 2.31. The molecule has 164 valence electrons. The second-order valence-electron chi connectivity index (χ2n) is 7.52. The molecule has 3 aromatic rings. The van der Waals surface area contributed by atoms with Crippen molar-refractivity contribution in [3.8, 4) is 11.5 Å². The van der Waals surface area contributed by atoms with Gasteiger partial charge in [0.05, 0.1) is 5.56 Å². The second-order valence-corrected chi connectivity index (χ2v) is 7.52. The minimum atomic E-state index is -4.44. The second kappa shape index (κ2) is 9.34. The summed E-state index contributed by atoms with van der Waals surface area (Å²) in [5.41, 5.74) is 0.548. The van der Waals surface area contributed by atoms with Crippen molar-refractivity contribution in [1.82, 2.24) is 14.8 Å². The number of aromatic nitrogens is 1. The predicted octanol–water partition coefficient (Wildman–Crippen LogP) is 4.87. The first-order chi connectivity index (χ1) is 14.6. The smallest absolute Gasteiger partial charge is 0.416 e. The van der Waals surface area contributed by atoms with Crippen molar-refractivity contribution >= 4 is 5.91 Å². The summed E-state index contributed by atoms with van der Waals surface area (Å²) < 4.78 is 45.0. The number of nitrogens with zero attached hydrogens (tertiary/aromatic N) is 3. The number of carbonyl (C=O) groups excluding carboxylic acids is 1. The summed E-state index contributed by atoms with van der Waals surface area (Å²) in [7, 11) is 3.73. The monoisotopic (exact) mass is 431 g/mol. The zero-order valence-corrected chi connectivity index (χ0v) is 17.6. The van der Waals surface area contributed by atoms with Gasteiger partial charge in [0.25, 0.3) is 5.91 Å². The van der Waals surface area contributed by atoms with Crippen LogP contribution in [0, 0.1) is 6.92 Å². The Morgan fingerprint density at radius 1 is 1.03 bits per heavy atom. The van der Waals surface area contributed by atoms with Crippen LogP contribution in [-0.4, -0.2) is 47.9 Å². The van der Waals surface area contributed by atoms with Crippen LogP contribution < -0.4 is 0 Å². The fourth-order valence-electron chi connectivity index (χ4n) is 3.09. The van der Waals surface area contributed by atoms with Gasteiger partial charge in [0, 0.05) is 25.2 Å². The Kier molecular flexibility index (Phi) is 6.80. The summed E-state index contributed by atoms with van der Waals surface area (Å²) in [5.74, 6) is 0.304. The van der Waals surface area contributed by atoms with Crippen LogP contribution in [0.4, 0.5) is 13.2 Å². The third kappa shape index (κ3) is 5.73. The summed E-state index contributed by atoms with van der Waals surface area (Å²) >= 11 is 0. The third-order valence-corrected chi connectivity index (χ3v) is 4.75. The largest absolute Gasteiger partial charge is 0.441 e. The molecule has 0 radical (unpaired) electrons. The van der Waals surface area contributed by atoms with Crippen LogP contribution in [0.5, 0.6) is 0 Å². The summed E-state index contributed by atoms with van der Waals surface area (Å²) in [5, 5.41) is 0. The number of hydrogen-bond acceptors (Lipinski definition) is 4. The van der Waals surface area contributed by atoms with Crippen LogP contribution in [0.25, 0.3) is 11.5 Å². The maximum atomic E-state index is 13.3. The van der Waals surface area contributed by atoms with Gasteiger partial charge in [-0.3, -0.25) is 4.79 Å². The van der Waals surface area contributed by atoms with E-state index in [-0.39, 0.29) is 18.1 Å². The number of benzene rings is 2. The van der Waals surface area contributed by atoms with Crippen LogP contribution in [0.1, 0.15) is 27.4 Å². The number of hydrogen-bond donors (Lipinski definition) is 0. The minimum Gasteiger partial charge on any atom is -0.441 e. The molecule has 0 atom stereocenters. The van der Waals surface area contributed by atoms with Crippen molar-refractivity contribution in [1.29, 1.82) is 0 Å². The van der Waals surface area contributed by atoms with Crippen LogP contribution in [0.15, 0.2) is 59.0 Å². The van der Waals surface area contributed by atoms with Crippen LogP contribution in [0.3, 0.4) is 0 Å². The van der Waals surface area contributed by atoms with Gasteiger partial charge in [-0.2, -0.15) is 13.2 Å². The number of oxazole rings is 1. The molecule has 0 bridgehead atoms. The molecule has 0 aliphatic carbocycles. The Morgan fingerprint density at radius 3 is 2.39 bits per heavy atom. The highest BCUT2D eigenvalue weighted by molar-refractivity contribution is 5.93. The molecule has 0 aliphatic rings. The SMILES string of the molecule is Cc1oc(-c2ccccc2)nc1C(=O)N(CCN(C)C)Cc1cccc(C(F)(F)F)c1. The van der Waals surface area contributed by atoms with E-state index in [1.54, 1.807) is 13.0 Å². The van der Waals surface area contributed by atoms with E-state index in [0.717, 1.165) is 17.7 Å². The van der Waals surface area contributed by atoms with E-state index >= 15 is 0 Å². The van der Waals surface area contributed by atoms with Gasteiger partial charge in [-0.05, 0) is 50.8 Å². The maximum Gasteiger partial charge on any atom is 0.416 e. The molecule has 0 fully saturated rings. The summed E-state index contributed by atoms with van der Waals surface area (Å²) in [4.78, 5) is 21.0. The molecular formula is C23H24F3N3O2. The molecule has 0 saturated heterocycles. The average Bonchev–Trinajstić information content (AvgIpc) is 3.12. The molecule has 1 amide bonds. The van der Waals surface area contributed by atoms with E-state index in [1.807, 2.05) is 49.3 Å². The Hall–Kier alpha value is -3.13. The van der Waals surface area contributed by atoms with Gasteiger partial charge in [-0.1, -0.05) is 30.3 Å². The number of rotatable bonds is 7. The number of aryl methyl sites for hydroxylation is 1. The van der Waals surface area contributed by atoms with Gasteiger partial charge in [0.2, 0.25) is 5.89 Å². The molecule has 8 heteroatoms. The summed E-state index contributed by atoms with van der Waals surface area (Å²) in [6, 6.07) is 14.2. The van der Waals surface area contributed by atoms with E-state index < -0.39 is 11.7 Å². The van der Waals surface area contributed by atoms with Crippen molar-refractivity contribution in [2.24, 2.45) is 0 Å². The van der Waals surface area contributed by atoms with Crippen molar-refractivity contribution in [3.63, 3.8) is 0 Å². The highest BCUT2D eigenvalue weighted by atomic mass is 19.4. The minimum absolute atomic E-state index is 0.0313. The average molecular weight is 431 g/mol. The lowest BCUT2D eigenvalue weighted by Crippen LogP contribution is -2.36. The Bertz CT molecular complexity index is 1030. The fourth-order valence-corrected chi connectivity index (χ4v) is 3.09. The quantitative estimate of drug-likeness (QED) is 0.535. The van der Waals surface area contributed by atoms with Crippen molar-refractivity contribution in [3.05, 3.63) is 77.2 Å². The van der Waals surface area contributed by atoms with Crippen molar-refractivity contribution in [2.45, 2.75) is 19.6 Å². The third-order valence-electron chi connectivity index (χ3n) is 4.75. The molecule has 1 aromatic heterocycles. The number of carbonyl (C=O) groups is 1. The lowest BCUT2D eigenvalue weighted by atomic mass is 10.1. The van der Waals surface area contributed by atoms with E-state index in [0.29, 0.717) is 30.3 Å². The van der Waals surface area contributed by atoms with Crippen molar-refractivity contribution < 1.29 is 22.4 Å². The van der Waals surface area contributed by atoms with Gasteiger partial charge in [-0.15, -0.1) is 0 Å². The Balaban J connectivity index is 1.89. The lowest BCUT2D eigenvalue weighted by molar-refractivity contribution is -0.137. The fraction of sp³-hybridized carbons (Fsp3) is 0.304. The zero-order chi connectivity index (χ0) is 22.6. The summed E-state index contributed by atoms with van der Waals surface area (Å²) in [6.07, 6.45) is -4.44. The van der Waals surface area contributed by atoms with Gasteiger partial charge in [-0.25, -0.2) is 4.98 Å². The number of amides is 1. The van der Waals surface area contributed by atoms with Crippen LogP contribution >= 0.6 is 0 Å². The first-order valence-electron chi connectivity index (χ1n) is 9.78. The molecule has 2 aromatic carbocycles. The molecule has 0 unspecified atom stereocenters. The molecule has 0 saturated carbocycles. The maximum absolute atomic E-state index is 13.3. The normalized spacial score (nSPS) is 11.7. The number of halogens is 3. The predicted molar refractivity (Wildman–Crippen MR) is 111 cm³/mol. The Labute approximate surface area is 179 Å².